The van der Waals surface area contributed by atoms with E-state index in [0.29, 0.717) is 38.3 Å². The molecule has 0 saturated carbocycles. The first kappa shape index (κ1) is 27.5. The molecular formula is C33H42N6O2. The van der Waals surface area contributed by atoms with Crippen LogP contribution in [0.3, 0.4) is 0 Å². The second-order valence-corrected chi connectivity index (χ2v) is 11.8. The minimum Gasteiger partial charge on any atom is -0.462 e. The van der Waals surface area contributed by atoms with Crippen molar-refractivity contribution in [2.24, 2.45) is 0 Å². The Kier molecular flexibility index (Phi) is 7.84. The van der Waals surface area contributed by atoms with Crippen LogP contribution in [-0.2, 0) is 17.8 Å². The molecular weight excluding hydrogens is 512 g/mol. The Morgan fingerprint density at radius 3 is 2.68 bits per heavy atom. The molecule has 41 heavy (non-hydrogen) atoms. The van der Waals surface area contributed by atoms with Crippen LogP contribution < -0.4 is 14.5 Å². The third-order valence-electron chi connectivity index (χ3n) is 9.14. The molecule has 8 nitrogen and oxygen atoms in total. The molecule has 0 bridgehead atoms. The van der Waals surface area contributed by atoms with Crippen LogP contribution in [-0.4, -0.2) is 84.1 Å². The molecule has 3 aliphatic rings. The van der Waals surface area contributed by atoms with E-state index in [4.69, 9.17) is 14.7 Å². The summed E-state index contributed by atoms with van der Waals surface area (Å²) in [6.45, 7) is 13.4. The number of carbonyl (C=O) groups is 1. The highest BCUT2D eigenvalue weighted by atomic mass is 16.5. The minimum atomic E-state index is -0.0104. The molecule has 2 aromatic carbocycles. The van der Waals surface area contributed by atoms with Crippen molar-refractivity contribution in [1.82, 2.24) is 19.8 Å². The number of aryl methyl sites for hydroxylation is 1. The predicted molar refractivity (Wildman–Crippen MR) is 165 cm³/mol. The normalized spacial score (nSPS) is 21.6. The van der Waals surface area contributed by atoms with Gasteiger partial charge in [-0.1, -0.05) is 36.9 Å². The number of amides is 1. The maximum atomic E-state index is 12.3. The summed E-state index contributed by atoms with van der Waals surface area (Å²) >= 11 is 0. The van der Waals surface area contributed by atoms with Gasteiger partial charge in [-0.25, -0.2) is 0 Å². The van der Waals surface area contributed by atoms with Crippen molar-refractivity contribution in [2.45, 2.75) is 58.2 Å². The molecule has 2 fully saturated rings. The van der Waals surface area contributed by atoms with Gasteiger partial charge >= 0.3 is 6.01 Å². The number of likely N-dealkylation sites (N-methyl/N-ethyl adjacent to an activating group) is 1. The van der Waals surface area contributed by atoms with Gasteiger partial charge in [0.05, 0.1) is 12.2 Å². The monoisotopic (exact) mass is 554 g/mol. The van der Waals surface area contributed by atoms with Crippen LogP contribution in [0.25, 0.3) is 10.8 Å². The zero-order chi connectivity index (χ0) is 28.5. The summed E-state index contributed by atoms with van der Waals surface area (Å²) in [5.74, 6) is 0.961. The van der Waals surface area contributed by atoms with Crippen LogP contribution in [0.4, 0.5) is 11.5 Å². The molecule has 4 heterocycles. The van der Waals surface area contributed by atoms with Gasteiger partial charge in [0.25, 0.3) is 0 Å². The van der Waals surface area contributed by atoms with Crippen LogP contribution in [0, 0.1) is 6.92 Å². The number of nitrogens with zero attached hydrogens (tertiary/aromatic N) is 6. The average Bonchev–Trinajstić information content (AvgIpc) is 3.27. The Balaban J connectivity index is 1.36. The topological polar surface area (TPSA) is 65.0 Å². The first-order chi connectivity index (χ1) is 19.9. The number of benzene rings is 2. The Bertz CT molecular complexity index is 1440. The molecule has 1 aromatic heterocycles. The Hall–Kier alpha value is -3.65. The summed E-state index contributed by atoms with van der Waals surface area (Å²) in [5.41, 5.74) is 4.81. The average molecular weight is 555 g/mol. The van der Waals surface area contributed by atoms with E-state index >= 15 is 0 Å². The van der Waals surface area contributed by atoms with Gasteiger partial charge in [-0.15, -0.1) is 0 Å². The zero-order valence-electron chi connectivity index (χ0n) is 24.7. The zero-order valence-corrected chi connectivity index (χ0v) is 24.7. The number of piperazine rings is 1. The number of aromatic nitrogens is 2. The largest absolute Gasteiger partial charge is 0.462 e. The molecule has 6 rings (SSSR count). The van der Waals surface area contributed by atoms with E-state index in [1.165, 1.54) is 40.1 Å². The second kappa shape index (κ2) is 11.7. The van der Waals surface area contributed by atoms with Crippen molar-refractivity contribution in [3.8, 4) is 6.01 Å². The molecule has 2 saturated heterocycles. The van der Waals surface area contributed by atoms with Gasteiger partial charge in [0.1, 0.15) is 12.4 Å². The highest BCUT2D eigenvalue weighted by Gasteiger charge is 2.32. The maximum absolute atomic E-state index is 12.3. The standard InChI is InChI=1S/C33H42N6O2/c1-5-30(40)38-18-19-39(24(3)20-38)32-27-14-9-17-37(29-15-7-12-25-11-6-10-23(2)31(25)29)21-28(27)34-33(35-32)41-22-26-13-8-16-36(26)4/h5-7,10-12,15,24,26H,1,8-9,13-14,16-22H2,2-4H3/t24-,26+/m0/s1. The minimum absolute atomic E-state index is 0.0104. The van der Waals surface area contributed by atoms with Crippen molar-refractivity contribution < 1.29 is 9.53 Å². The Labute approximate surface area is 243 Å². The quantitative estimate of drug-likeness (QED) is 0.413. The van der Waals surface area contributed by atoms with E-state index in [1.807, 2.05) is 4.90 Å². The molecule has 0 radical (unpaired) electrons. The number of fused-ring (bicyclic) bond motifs is 2. The third-order valence-corrected chi connectivity index (χ3v) is 9.14. The fourth-order valence-corrected chi connectivity index (χ4v) is 6.83. The highest BCUT2D eigenvalue weighted by molar-refractivity contribution is 5.97. The van der Waals surface area contributed by atoms with Crippen LogP contribution in [0.15, 0.2) is 49.1 Å². The number of hydrogen-bond donors (Lipinski definition) is 0. The van der Waals surface area contributed by atoms with Gasteiger partial charge in [-0.3, -0.25) is 4.79 Å². The van der Waals surface area contributed by atoms with Crippen LogP contribution in [0.1, 0.15) is 43.0 Å². The SMILES string of the molecule is C=CC(=O)N1CCN(c2nc(OC[C@H]3CCCN3C)nc3c2CCCN(c2cccc4cccc(C)c24)C3)[C@@H](C)C1. The van der Waals surface area contributed by atoms with Gasteiger partial charge in [0.15, 0.2) is 0 Å². The molecule has 0 aliphatic carbocycles. The lowest BCUT2D eigenvalue weighted by molar-refractivity contribution is -0.126. The van der Waals surface area contributed by atoms with Crippen LogP contribution in [0.5, 0.6) is 6.01 Å². The molecule has 216 valence electrons. The van der Waals surface area contributed by atoms with E-state index in [-0.39, 0.29) is 11.9 Å². The van der Waals surface area contributed by atoms with Gasteiger partial charge in [-0.05, 0) is 76.2 Å². The second-order valence-electron chi connectivity index (χ2n) is 11.8. The van der Waals surface area contributed by atoms with E-state index in [1.54, 1.807) is 0 Å². The summed E-state index contributed by atoms with van der Waals surface area (Å²) in [4.78, 5) is 31.6. The van der Waals surface area contributed by atoms with Crippen molar-refractivity contribution >= 4 is 28.2 Å². The summed E-state index contributed by atoms with van der Waals surface area (Å²) in [6.07, 6.45) is 5.68. The summed E-state index contributed by atoms with van der Waals surface area (Å²) in [7, 11) is 2.17. The van der Waals surface area contributed by atoms with Crippen molar-refractivity contribution in [3.63, 3.8) is 0 Å². The highest BCUT2D eigenvalue weighted by Crippen LogP contribution is 2.35. The van der Waals surface area contributed by atoms with E-state index < -0.39 is 0 Å². The molecule has 0 unspecified atom stereocenters. The number of ether oxygens (including phenoxy) is 1. The van der Waals surface area contributed by atoms with Gasteiger partial charge in [0.2, 0.25) is 5.91 Å². The van der Waals surface area contributed by atoms with Crippen LogP contribution in [0.2, 0.25) is 0 Å². The number of likely N-dealkylation sites (tertiary alicyclic amines) is 1. The Morgan fingerprint density at radius 2 is 1.93 bits per heavy atom. The molecule has 0 spiro atoms. The molecule has 2 atom stereocenters. The van der Waals surface area contributed by atoms with Gasteiger partial charge in [0, 0.05) is 54.9 Å². The lowest BCUT2D eigenvalue weighted by Gasteiger charge is -2.41. The van der Waals surface area contributed by atoms with Crippen LogP contribution >= 0.6 is 0 Å². The van der Waals surface area contributed by atoms with Gasteiger partial charge < -0.3 is 24.3 Å². The molecule has 3 aliphatic heterocycles. The predicted octanol–water partition coefficient (Wildman–Crippen LogP) is 4.59. The summed E-state index contributed by atoms with van der Waals surface area (Å²) in [5, 5.41) is 2.57. The maximum Gasteiger partial charge on any atom is 0.318 e. The fraction of sp³-hybridized carbons (Fsp3) is 0.485. The Morgan fingerprint density at radius 1 is 1.10 bits per heavy atom. The lowest BCUT2D eigenvalue weighted by atomic mass is 10.0. The fourth-order valence-electron chi connectivity index (χ4n) is 6.83. The van der Waals surface area contributed by atoms with Crippen molar-refractivity contribution in [1.29, 1.82) is 0 Å². The molecule has 1 amide bonds. The molecule has 3 aromatic rings. The lowest BCUT2D eigenvalue weighted by Crippen LogP contribution is -2.54. The number of anilines is 2. The van der Waals surface area contributed by atoms with Gasteiger partial charge in [-0.2, -0.15) is 9.97 Å². The van der Waals surface area contributed by atoms with E-state index in [0.717, 1.165) is 50.4 Å². The first-order valence-electron chi connectivity index (χ1n) is 15.1. The van der Waals surface area contributed by atoms with E-state index in [2.05, 4.69) is 78.6 Å². The smallest absolute Gasteiger partial charge is 0.318 e. The number of hydrogen-bond acceptors (Lipinski definition) is 7. The summed E-state index contributed by atoms with van der Waals surface area (Å²) in [6, 6.07) is 14.1. The first-order valence-corrected chi connectivity index (χ1v) is 15.1. The molecule has 0 N–H and O–H groups in total. The van der Waals surface area contributed by atoms with E-state index in [9.17, 15) is 4.79 Å². The molecule has 8 heteroatoms. The third kappa shape index (κ3) is 5.49. The number of rotatable bonds is 6. The van der Waals surface area contributed by atoms with Crippen molar-refractivity contribution in [2.75, 3.05) is 56.2 Å². The van der Waals surface area contributed by atoms with Crippen molar-refractivity contribution in [3.05, 3.63) is 65.9 Å². The number of carbonyl (C=O) groups excluding carboxylic acids is 1. The summed E-state index contributed by atoms with van der Waals surface area (Å²) < 4.78 is 6.35.